The molecule has 1 aromatic carbocycles. The van der Waals surface area contributed by atoms with Crippen LogP contribution in [0.25, 0.3) is 11.0 Å². The first-order chi connectivity index (χ1) is 11.3. The highest BCUT2D eigenvalue weighted by atomic mass is 35.5. The second kappa shape index (κ2) is 6.20. The third-order valence-electron chi connectivity index (χ3n) is 3.88. The molecule has 0 aliphatic heterocycles. The van der Waals surface area contributed by atoms with Gasteiger partial charge in [-0.3, -0.25) is 0 Å². The van der Waals surface area contributed by atoms with E-state index >= 15 is 0 Å². The van der Waals surface area contributed by atoms with Crippen LogP contribution in [0.5, 0.6) is 0 Å². The van der Waals surface area contributed by atoms with Gasteiger partial charge in [0.25, 0.3) is 10.0 Å². The Kier molecular flexibility index (Phi) is 4.38. The molecule has 2 heterocycles. The van der Waals surface area contributed by atoms with Crippen LogP contribution in [0.1, 0.15) is 31.0 Å². The van der Waals surface area contributed by atoms with E-state index in [0.717, 1.165) is 9.54 Å². The maximum atomic E-state index is 13.0. The number of pyridine rings is 1. The molecule has 0 amide bonds. The van der Waals surface area contributed by atoms with Gasteiger partial charge in [-0.1, -0.05) is 37.6 Å². The Hall–Kier alpha value is -1.89. The lowest BCUT2D eigenvalue weighted by Crippen LogP contribution is -2.16. The number of aliphatic hydroxyl groups is 1. The highest BCUT2D eigenvalue weighted by molar-refractivity contribution is 7.90. The molecular weight excluding hydrogens is 348 g/mol. The lowest BCUT2D eigenvalue weighted by atomic mass is 10.0. The van der Waals surface area contributed by atoms with E-state index in [1.807, 2.05) is 13.8 Å². The molecule has 5 nitrogen and oxygen atoms in total. The third kappa shape index (κ3) is 2.81. The second-order valence-electron chi connectivity index (χ2n) is 5.85. The molecule has 126 valence electrons. The SMILES string of the molecule is CC(C)c1ccc(S(=O)(=O)n2c(CO)cc3cc(Cl)cnc32)cc1. The van der Waals surface area contributed by atoms with E-state index in [-0.39, 0.29) is 16.2 Å². The topological polar surface area (TPSA) is 72.2 Å². The highest BCUT2D eigenvalue weighted by Crippen LogP contribution is 2.27. The summed E-state index contributed by atoms with van der Waals surface area (Å²) in [6.45, 7) is 3.66. The van der Waals surface area contributed by atoms with E-state index in [4.69, 9.17) is 11.6 Å². The van der Waals surface area contributed by atoms with Gasteiger partial charge >= 0.3 is 0 Å². The van der Waals surface area contributed by atoms with Gasteiger partial charge in [0.15, 0.2) is 5.65 Å². The molecule has 0 unspecified atom stereocenters. The number of halogens is 1. The summed E-state index contributed by atoms with van der Waals surface area (Å²) in [4.78, 5) is 4.28. The van der Waals surface area contributed by atoms with E-state index in [9.17, 15) is 13.5 Å². The molecule has 3 rings (SSSR count). The van der Waals surface area contributed by atoms with Crippen molar-refractivity contribution in [3.8, 4) is 0 Å². The number of nitrogens with zero attached hydrogens (tertiary/aromatic N) is 2. The van der Waals surface area contributed by atoms with Crippen LogP contribution < -0.4 is 0 Å². The summed E-state index contributed by atoms with van der Waals surface area (Å²) in [5, 5.41) is 10.5. The maximum absolute atomic E-state index is 13.0. The molecular formula is C17H17ClN2O3S. The van der Waals surface area contributed by atoms with Gasteiger partial charge in [-0.15, -0.1) is 0 Å². The summed E-state index contributed by atoms with van der Waals surface area (Å²) in [5.41, 5.74) is 1.54. The Bertz CT molecular complexity index is 993. The molecule has 2 aromatic heterocycles. The summed E-state index contributed by atoms with van der Waals surface area (Å²) in [7, 11) is -3.87. The number of fused-ring (bicyclic) bond motifs is 1. The zero-order valence-electron chi connectivity index (χ0n) is 13.3. The first-order valence-electron chi connectivity index (χ1n) is 7.47. The molecule has 0 aliphatic carbocycles. The van der Waals surface area contributed by atoms with E-state index in [1.165, 1.54) is 6.20 Å². The summed E-state index contributed by atoms with van der Waals surface area (Å²) in [5.74, 6) is 0.311. The average Bonchev–Trinajstić information content (AvgIpc) is 2.93. The molecule has 0 fully saturated rings. The van der Waals surface area contributed by atoms with Crippen molar-refractivity contribution in [2.24, 2.45) is 0 Å². The largest absolute Gasteiger partial charge is 0.390 e. The Balaban J connectivity index is 2.21. The van der Waals surface area contributed by atoms with Crippen molar-refractivity contribution in [3.05, 3.63) is 58.9 Å². The average molecular weight is 365 g/mol. The first kappa shape index (κ1) is 17.0. The molecule has 0 bridgehead atoms. The Morgan fingerprint density at radius 3 is 2.46 bits per heavy atom. The van der Waals surface area contributed by atoms with Gasteiger partial charge in [0.1, 0.15) is 0 Å². The Labute approximate surface area is 145 Å². The molecule has 0 aliphatic rings. The van der Waals surface area contributed by atoms with Gasteiger partial charge in [-0.05, 0) is 35.7 Å². The summed E-state index contributed by atoms with van der Waals surface area (Å²) in [6.07, 6.45) is 1.39. The maximum Gasteiger partial charge on any atom is 0.269 e. The zero-order valence-corrected chi connectivity index (χ0v) is 14.8. The minimum Gasteiger partial charge on any atom is -0.390 e. The zero-order chi connectivity index (χ0) is 17.5. The molecule has 3 aromatic rings. The van der Waals surface area contributed by atoms with Crippen LogP contribution in [0.2, 0.25) is 5.02 Å². The van der Waals surface area contributed by atoms with Crippen molar-refractivity contribution in [3.63, 3.8) is 0 Å². The number of rotatable bonds is 4. The normalized spacial score (nSPS) is 12.2. The molecule has 0 atom stereocenters. The fraction of sp³-hybridized carbons (Fsp3) is 0.235. The van der Waals surface area contributed by atoms with Crippen LogP contribution in [0.3, 0.4) is 0 Å². The van der Waals surface area contributed by atoms with E-state index in [0.29, 0.717) is 16.3 Å². The van der Waals surface area contributed by atoms with Crippen molar-refractivity contribution in [1.29, 1.82) is 0 Å². The van der Waals surface area contributed by atoms with Crippen molar-refractivity contribution in [1.82, 2.24) is 8.96 Å². The van der Waals surface area contributed by atoms with Crippen molar-refractivity contribution in [2.45, 2.75) is 31.3 Å². The van der Waals surface area contributed by atoms with Gasteiger partial charge < -0.3 is 5.11 Å². The van der Waals surface area contributed by atoms with E-state index < -0.39 is 16.6 Å². The first-order valence-corrected chi connectivity index (χ1v) is 9.28. The van der Waals surface area contributed by atoms with Crippen LogP contribution in [0.4, 0.5) is 0 Å². The predicted molar refractivity (Wildman–Crippen MR) is 93.8 cm³/mol. The minimum atomic E-state index is -3.87. The highest BCUT2D eigenvalue weighted by Gasteiger charge is 2.23. The standard InChI is InChI=1S/C17H17ClN2O3S/c1-11(2)12-3-5-16(6-4-12)24(22,23)20-15(10-21)8-13-7-14(18)9-19-17(13)20/h3-9,11,21H,10H2,1-2H3. The van der Waals surface area contributed by atoms with Crippen molar-refractivity contribution >= 4 is 32.7 Å². The molecule has 0 saturated carbocycles. The van der Waals surface area contributed by atoms with Gasteiger partial charge in [0, 0.05) is 11.6 Å². The van der Waals surface area contributed by atoms with Gasteiger partial charge in [0.05, 0.1) is 22.2 Å². The van der Waals surface area contributed by atoms with Crippen LogP contribution in [-0.2, 0) is 16.6 Å². The van der Waals surface area contributed by atoms with Crippen LogP contribution in [0.15, 0.2) is 47.5 Å². The van der Waals surface area contributed by atoms with Crippen molar-refractivity contribution < 1.29 is 13.5 Å². The van der Waals surface area contributed by atoms with Gasteiger partial charge in [0.2, 0.25) is 0 Å². The number of aliphatic hydroxyl groups excluding tert-OH is 1. The summed E-state index contributed by atoms with van der Waals surface area (Å²) < 4.78 is 27.1. The summed E-state index contributed by atoms with van der Waals surface area (Å²) in [6, 6.07) is 9.95. The number of aromatic nitrogens is 2. The fourth-order valence-corrected chi connectivity index (χ4v) is 4.26. The molecule has 7 heteroatoms. The predicted octanol–water partition coefficient (Wildman–Crippen LogP) is 3.54. The fourth-order valence-electron chi connectivity index (χ4n) is 2.61. The van der Waals surface area contributed by atoms with Crippen LogP contribution >= 0.6 is 11.6 Å². The lowest BCUT2D eigenvalue weighted by molar-refractivity contribution is 0.276. The number of hydrogen-bond acceptors (Lipinski definition) is 4. The van der Waals surface area contributed by atoms with Crippen molar-refractivity contribution in [2.75, 3.05) is 0 Å². The van der Waals surface area contributed by atoms with Crippen LogP contribution in [-0.4, -0.2) is 22.5 Å². The molecule has 0 radical (unpaired) electrons. The third-order valence-corrected chi connectivity index (χ3v) is 5.85. The lowest BCUT2D eigenvalue weighted by Gasteiger charge is -2.11. The molecule has 0 spiro atoms. The Morgan fingerprint density at radius 1 is 1.21 bits per heavy atom. The van der Waals surface area contributed by atoms with E-state index in [1.54, 1.807) is 36.4 Å². The quantitative estimate of drug-likeness (QED) is 0.768. The van der Waals surface area contributed by atoms with Gasteiger partial charge in [-0.25, -0.2) is 17.4 Å². The van der Waals surface area contributed by atoms with Crippen LogP contribution in [0, 0.1) is 0 Å². The Morgan fingerprint density at radius 2 is 1.88 bits per heavy atom. The van der Waals surface area contributed by atoms with E-state index in [2.05, 4.69) is 4.98 Å². The molecule has 0 saturated heterocycles. The minimum absolute atomic E-state index is 0.149. The van der Waals surface area contributed by atoms with Gasteiger partial charge in [-0.2, -0.15) is 0 Å². The smallest absolute Gasteiger partial charge is 0.269 e. The number of hydrogen-bond donors (Lipinski definition) is 1. The second-order valence-corrected chi connectivity index (χ2v) is 8.08. The molecule has 1 N–H and O–H groups in total. The summed E-state index contributed by atoms with van der Waals surface area (Å²) >= 11 is 5.92. The molecule has 24 heavy (non-hydrogen) atoms. The monoisotopic (exact) mass is 364 g/mol. The number of benzene rings is 1.